The summed E-state index contributed by atoms with van der Waals surface area (Å²) in [5.41, 5.74) is 0.434. The Hall–Kier alpha value is -1.82. The maximum absolute atomic E-state index is 12.8. The average molecular weight is 264 g/mol. The Kier molecular flexibility index (Phi) is 3.61. The van der Waals surface area contributed by atoms with Gasteiger partial charge in [-0.05, 0) is 28.1 Å². The molecule has 5 nitrogen and oxygen atoms in total. The second kappa shape index (κ2) is 5.05. The summed E-state index contributed by atoms with van der Waals surface area (Å²) in [5.74, 6) is 0.377. The molecule has 0 bridgehead atoms. The van der Waals surface area contributed by atoms with Crippen molar-refractivity contribution in [3.05, 3.63) is 41.5 Å². The Morgan fingerprint density at radius 2 is 1.89 bits per heavy atom. The number of hydrogen-bond acceptors (Lipinski definition) is 4. The van der Waals surface area contributed by atoms with Crippen molar-refractivity contribution >= 4 is 0 Å². The van der Waals surface area contributed by atoms with Gasteiger partial charge in [0.15, 0.2) is 5.82 Å². The van der Waals surface area contributed by atoms with E-state index in [0.29, 0.717) is 11.4 Å². The summed E-state index contributed by atoms with van der Waals surface area (Å²) >= 11 is 0. The molecule has 0 fully saturated rings. The van der Waals surface area contributed by atoms with Crippen LogP contribution in [0.25, 0.3) is 0 Å². The molecule has 0 aliphatic carbocycles. The first-order valence-electron chi connectivity index (χ1n) is 6.08. The van der Waals surface area contributed by atoms with Gasteiger partial charge in [-0.2, -0.15) is 0 Å². The van der Waals surface area contributed by atoms with Gasteiger partial charge in [0, 0.05) is 5.41 Å². The molecule has 1 aromatic heterocycles. The molecule has 0 radical (unpaired) electrons. The van der Waals surface area contributed by atoms with Crippen LogP contribution in [0.4, 0.5) is 4.39 Å². The fraction of sp³-hybridized carbons (Fsp3) is 0.462. The van der Waals surface area contributed by atoms with Crippen molar-refractivity contribution in [2.75, 3.05) is 0 Å². The van der Waals surface area contributed by atoms with Crippen LogP contribution in [0.2, 0.25) is 0 Å². The first-order chi connectivity index (χ1) is 8.88. The van der Waals surface area contributed by atoms with Crippen molar-refractivity contribution < 1.29 is 9.50 Å². The highest BCUT2D eigenvalue weighted by molar-refractivity contribution is 5.18. The first-order valence-corrected chi connectivity index (χ1v) is 6.08. The van der Waals surface area contributed by atoms with E-state index in [1.165, 1.54) is 12.1 Å². The Labute approximate surface area is 111 Å². The normalized spacial score (nSPS) is 13.5. The zero-order valence-corrected chi connectivity index (χ0v) is 11.2. The van der Waals surface area contributed by atoms with E-state index in [2.05, 4.69) is 15.5 Å². The molecule has 2 rings (SSSR count). The van der Waals surface area contributed by atoms with Crippen LogP contribution < -0.4 is 0 Å². The van der Waals surface area contributed by atoms with E-state index in [0.717, 1.165) is 0 Å². The largest absolute Gasteiger partial charge is 0.386 e. The van der Waals surface area contributed by atoms with E-state index in [1.54, 1.807) is 16.8 Å². The van der Waals surface area contributed by atoms with Gasteiger partial charge < -0.3 is 5.11 Å². The minimum atomic E-state index is -0.773. The highest BCUT2D eigenvalue weighted by Gasteiger charge is 2.23. The topological polar surface area (TPSA) is 63.8 Å². The van der Waals surface area contributed by atoms with Crippen molar-refractivity contribution in [1.82, 2.24) is 20.2 Å². The number of rotatable bonds is 3. The standard InChI is InChI=1S/C13H17FN4O/c1-13(2,3)12-15-16-17-18(12)8-11(19)9-4-6-10(14)7-5-9/h4-7,11,19H,8H2,1-3H3. The summed E-state index contributed by atoms with van der Waals surface area (Å²) in [7, 11) is 0. The van der Waals surface area contributed by atoms with Gasteiger partial charge in [-0.3, -0.25) is 0 Å². The highest BCUT2D eigenvalue weighted by atomic mass is 19.1. The minimum absolute atomic E-state index is 0.202. The number of tetrazole rings is 1. The molecule has 2 aromatic rings. The smallest absolute Gasteiger partial charge is 0.156 e. The Morgan fingerprint density at radius 3 is 2.47 bits per heavy atom. The summed E-state index contributed by atoms with van der Waals surface area (Å²) in [4.78, 5) is 0. The lowest BCUT2D eigenvalue weighted by Crippen LogP contribution is -2.22. The quantitative estimate of drug-likeness (QED) is 0.918. The second-order valence-corrected chi connectivity index (χ2v) is 5.50. The lowest BCUT2D eigenvalue weighted by Gasteiger charge is -2.19. The summed E-state index contributed by atoms with van der Waals surface area (Å²) in [6, 6.07) is 5.76. The van der Waals surface area contributed by atoms with Gasteiger partial charge in [0.25, 0.3) is 0 Å². The molecule has 0 aliphatic rings. The van der Waals surface area contributed by atoms with Crippen LogP contribution in [0.3, 0.4) is 0 Å². The number of nitrogens with zero attached hydrogens (tertiary/aromatic N) is 4. The molecule has 6 heteroatoms. The van der Waals surface area contributed by atoms with Gasteiger partial charge >= 0.3 is 0 Å². The van der Waals surface area contributed by atoms with Crippen LogP contribution in [0.1, 0.15) is 38.3 Å². The summed E-state index contributed by atoms with van der Waals surface area (Å²) in [6.07, 6.45) is -0.773. The van der Waals surface area contributed by atoms with Crippen LogP contribution in [-0.4, -0.2) is 25.3 Å². The summed E-state index contributed by atoms with van der Waals surface area (Å²) in [6.45, 7) is 6.24. The van der Waals surface area contributed by atoms with Gasteiger partial charge in [-0.15, -0.1) is 5.10 Å². The predicted octanol–water partition coefficient (Wildman–Crippen LogP) is 1.84. The van der Waals surface area contributed by atoms with E-state index in [4.69, 9.17) is 0 Å². The Balaban J connectivity index is 2.18. The first kappa shape index (κ1) is 13.6. The fourth-order valence-corrected chi connectivity index (χ4v) is 1.82. The molecular weight excluding hydrogens is 247 g/mol. The van der Waals surface area contributed by atoms with E-state index in [1.807, 2.05) is 20.8 Å². The van der Waals surface area contributed by atoms with Crippen LogP contribution in [0.15, 0.2) is 24.3 Å². The molecule has 1 unspecified atom stereocenters. The monoisotopic (exact) mass is 264 g/mol. The van der Waals surface area contributed by atoms with Crippen molar-refractivity contribution in [2.45, 2.75) is 38.8 Å². The fourth-order valence-electron chi connectivity index (χ4n) is 1.82. The van der Waals surface area contributed by atoms with Gasteiger partial charge in [0.1, 0.15) is 5.82 Å². The van der Waals surface area contributed by atoms with E-state index in [9.17, 15) is 9.50 Å². The van der Waals surface area contributed by atoms with Crippen molar-refractivity contribution in [3.63, 3.8) is 0 Å². The maximum atomic E-state index is 12.8. The van der Waals surface area contributed by atoms with Crippen molar-refractivity contribution in [3.8, 4) is 0 Å². The van der Waals surface area contributed by atoms with E-state index >= 15 is 0 Å². The molecule has 0 saturated carbocycles. The molecule has 19 heavy (non-hydrogen) atoms. The number of aliphatic hydroxyl groups excluding tert-OH is 1. The zero-order valence-electron chi connectivity index (χ0n) is 11.2. The Morgan fingerprint density at radius 1 is 1.26 bits per heavy atom. The van der Waals surface area contributed by atoms with Gasteiger partial charge in [0.05, 0.1) is 12.6 Å². The molecule has 1 N–H and O–H groups in total. The average Bonchev–Trinajstić information content (AvgIpc) is 2.77. The summed E-state index contributed by atoms with van der Waals surface area (Å²) < 4.78 is 14.4. The lowest BCUT2D eigenvalue weighted by molar-refractivity contribution is 0.147. The van der Waals surface area contributed by atoms with Crippen LogP contribution in [0.5, 0.6) is 0 Å². The van der Waals surface area contributed by atoms with Crippen LogP contribution >= 0.6 is 0 Å². The summed E-state index contributed by atoms with van der Waals surface area (Å²) in [5, 5.41) is 21.6. The van der Waals surface area contributed by atoms with Gasteiger partial charge in [-0.1, -0.05) is 32.9 Å². The third-order valence-electron chi connectivity index (χ3n) is 2.80. The Bertz CT molecular complexity index is 545. The molecule has 0 amide bonds. The number of aliphatic hydroxyl groups is 1. The zero-order chi connectivity index (χ0) is 14.0. The number of hydrogen-bond donors (Lipinski definition) is 1. The van der Waals surface area contributed by atoms with E-state index in [-0.39, 0.29) is 17.8 Å². The molecule has 0 aliphatic heterocycles. The number of halogens is 1. The molecule has 0 spiro atoms. The second-order valence-electron chi connectivity index (χ2n) is 5.50. The maximum Gasteiger partial charge on any atom is 0.156 e. The van der Waals surface area contributed by atoms with Crippen LogP contribution in [0, 0.1) is 5.82 Å². The van der Waals surface area contributed by atoms with Gasteiger partial charge in [-0.25, -0.2) is 9.07 Å². The lowest BCUT2D eigenvalue weighted by atomic mass is 9.95. The third kappa shape index (κ3) is 3.14. The SMILES string of the molecule is CC(C)(C)c1nnnn1CC(O)c1ccc(F)cc1. The molecule has 1 aromatic carbocycles. The predicted molar refractivity (Wildman–Crippen MR) is 67.9 cm³/mol. The van der Waals surface area contributed by atoms with Crippen LogP contribution in [-0.2, 0) is 12.0 Å². The molecule has 1 atom stereocenters. The van der Waals surface area contributed by atoms with E-state index < -0.39 is 6.10 Å². The number of aromatic nitrogens is 4. The molecule has 0 saturated heterocycles. The molecule has 1 heterocycles. The van der Waals surface area contributed by atoms with Crippen molar-refractivity contribution in [2.24, 2.45) is 0 Å². The third-order valence-corrected chi connectivity index (χ3v) is 2.80. The highest BCUT2D eigenvalue weighted by Crippen LogP contribution is 2.21. The van der Waals surface area contributed by atoms with Gasteiger partial charge in [0.2, 0.25) is 0 Å². The minimum Gasteiger partial charge on any atom is -0.386 e. The molecular formula is C13H17FN4O. The number of benzene rings is 1. The molecule has 102 valence electrons. The van der Waals surface area contributed by atoms with Crippen molar-refractivity contribution in [1.29, 1.82) is 0 Å².